The SMILES string of the molecule is COc1cc(Nc2ncc3c(C)nc(-c4cccc(Nc5ccc(N6CCN(C)CC6)cc5)c4)n3n2)cc(OC)c1OC. The lowest BCUT2D eigenvalue weighted by atomic mass is 10.1. The maximum absolute atomic E-state index is 5.49. The Morgan fingerprint density at radius 1 is 0.767 bits per heavy atom. The molecule has 3 heterocycles. The molecule has 0 amide bonds. The normalized spacial score (nSPS) is 13.7. The Kier molecular flexibility index (Phi) is 7.89. The molecule has 0 spiro atoms. The maximum Gasteiger partial charge on any atom is 0.245 e. The van der Waals surface area contributed by atoms with Gasteiger partial charge in [0, 0.05) is 66.6 Å². The van der Waals surface area contributed by atoms with Crippen molar-refractivity contribution in [2.24, 2.45) is 0 Å². The monoisotopic (exact) mass is 580 g/mol. The Balaban J connectivity index is 1.25. The molecule has 0 aliphatic carbocycles. The number of methoxy groups -OCH3 is 3. The van der Waals surface area contributed by atoms with Crippen molar-refractivity contribution in [3.8, 4) is 28.6 Å². The Bertz CT molecular complexity index is 1700. The molecule has 222 valence electrons. The number of aryl methyl sites for hydroxylation is 1. The minimum absolute atomic E-state index is 0.398. The van der Waals surface area contributed by atoms with Gasteiger partial charge in [0.25, 0.3) is 0 Å². The molecule has 2 aromatic heterocycles. The van der Waals surface area contributed by atoms with Gasteiger partial charge in [-0.05, 0) is 50.4 Å². The second kappa shape index (κ2) is 12.1. The van der Waals surface area contributed by atoms with Crippen LogP contribution < -0.4 is 29.7 Å². The van der Waals surface area contributed by atoms with Gasteiger partial charge in [-0.15, -0.1) is 5.10 Å². The lowest BCUT2D eigenvalue weighted by Crippen LogP contribution is -2.44. The summed E-state index contributed by atoms with van der Waals surface area (Å²) >= 11 is 0. The second-order valence-corrected chi connectivity index (χ2v) is 10.5. The third-order valence-electron chi connectivity index (χ3n) is 7.64. The van der Waals surface area contributed by atoms with E-state index in [0.29, 0.717) is 28.9 Å². The minimum atomic E-state index is 0.398. The van der Waals surface area contributed by atoms with E-state index in [0.717, 1.165) is 60.2 Å². The Hall–Kier alpha value is -5.03. The van der Waals surface area contributed by atoms with Gasteiger partial charge in [0.15, 0.2) is 17.3 Å². The zero-order valence-electron chi connectivity index (χ0n) is 25.1. The number of hydrogen-bond acceptors (Lipinski definition) is 10. The largest absolute Gasteiger partial charge is 0.493 e. The summed E-state index contributed by atoms with van der Waals surface area (Å²) in [5, 5.41) is 11.6. The molecule has 0 bridgehead atoms. The summed E-state index contributed by atoms with van der Waals surface area (Å²) in [6.45, 7) is 6.22. The number of anilines is 5. The standard InChI is InChI=1S/C32H36N8O3/c1-21-27-20-33-32(36-25-18-28(41-3)30(43-5)29(19-25)42-4)37-40(27)31(34-21)22-7-6-8-24(17-22)35-23-9-11-26(12-10-23)39-15-13-38(2)14-16-39/h6-12,17-20,35H,13-16H2,1-5H3,(H,36,37). The molecule has 1 aliphatic rings. The molecule has 0 atom stereocenters. The molecule has 43 heavy (non-hydrogen) atoms. The molecule has 1 aliphatic heterocycles. The number of ether oxygens (including phenoxy) is 3. The van der Waals surface area contributed by atoms with Crippen molar-refractivity contribution < 1.29 is 14.2 Å². The molecule has 1 fully saturated rings. The predicted octanol–water partition coefficient (Wildman–Crippen LogP) is 5.36. The quantitative estimate of drug-likeness (QED) is 0.237. The molecular formula is C32H36N8O3. The average Bonchev–Trinajstić information content (AvgIpc) is 3.36. The third-order valence-corrected chi connectivity index (χ3v) is 7.64. The van der Waals surface area contributed by atoms with Gasteiger partial charge < -0.3 is 34.6 Å². The van der Waals surface area contributed by atoms with Gasteiger partial charge in [0.2, 0.25) is 11.7 Å². The van der Waals surface area contributed by atoms with Crippen LogP contribution in [0.4, 0.5) is 28.7 Å². The maximum atomic E-state index is 5.49. The van der Waals surface area contributed by atoms with Crippen LogP contribution in [0.1, 0.15) is 5.69 Å². The first-order chi connectivity index (χ1) is 20.9. The number of hydrogen-bond donors (Lipinski definition) is 2. The molecular weight excluding hydrogens is 544 g/mol. The number of fused-ring (bicyclic) bond motifs is 1. The van der Waals surface area contributed by atoms with Gasteiger partial charge in [0.1, 0.15) is 5.52 Å². The summed E-state index contributed by atoms with van der Waals surface area (Å²) < 4.78 is 18.2. The molecule has 11 heteroatoms. The van der Waals surface area contributed by atoms with E-state index >= 15 is 0 Å². The molecule has 2 N–H and O–H groups in total. The smallest absolute Gasteiger partial charge is 0.245 e. The van der Waals surface area contributed by atoms with Gasteiger partial charge in [-0.25, -0.2) is 14.5 Å². The number of benzene rings is 3. The number of nitrogens with one attached hydrogen (secondary N) is 2. The van der Waals surface area contributed by atoms with Crippen LogP contribution in [0.2, 0.25) is 0 Å². The molecule has 3 aromatic carbocycles. The van der Waals surface area contributed by atoms with Gasteiger partial charge in [-0.3, -0.25) is 0 Å². The summed E-state index contributed by atoms with van der Waals surface area (Å²) in [7, 11) is 6.91. The Labute approximate surface area is 251 Å². The van der Waals surface area contributed by atoms with E-state index < -0.39 is 0 Å². The number of piperazine rings is 1. The predicted molar refractivity (Wildman–Crippen MR) is 170 cm³/mol. The molecule has 5 aromatic rings. The highest BCUT2D eigenvalue weighted by Crippen LogP contribution is 2.40. The van der Waals surface area contributed by atoms with Crippen molar-refractivity contribution in [3.05, 3.63) is 72.6 Å². The fourth-order valence-electron chi connectivity index (χ4n) is 5.27. The summed E-state index contributed by atoms with van der Waals surface area (Å²) in [6.07, 6.45) is 1.77. The lowest BCUT2D eigenvalue weighted by molar-refractivity contribution is 0.313. The van der Waals surface area contributed by atoms with Crippen LogP contribution >= 0.6 is 0 Å². The fourth-order valence-corrected chi connectivity index (χ4v) is 5.27. The highest BCUT2D eigenvalue weighted by Gasteiger charge is 2.17. The van der Waals surface area contributed by atoms with Crippen molar-refractivity contribution in [2.45, 2.75) is 6.92 Å². The van der Waals surface area contributed by atoms with Gasteiger partial charge >= 0.3 is 0 Å². The second-order valence-electron chi connectivity index (χ2n) is 10.5. The molecule has 0 unspecified atom stereocenters. The molecule has 6 rings (SSSR count). The van der Waals surface area contributed by atoms with Gasteiger partial charge in [0.05, 0.1) is 33.2 Å². The van der Waals surface area contributed by atoms with Crippen LogP contribution in [0, 0.1) is 6.92 Å². The zero-order valence-corrected chi connectivity index (χ0v) is 25.1. The van der Waals surface area contributed by atoms with Crippen molar-refractivity contribution in [1.29, 1.82) is 0 Å². The number of imidazole rings is 1. The topological polar surface area (TPSA) is 101 Å². The van der Waals surface area contributed by atoms with E-state index in [4.69, 9.17) is 24.3 Å². The van der Waals surface area contributed by atoms with Crippen LogP contribution in [0.25, 0.3) is 16.9 Å². The number of nitrogens with zero attached hydrogens (tertiary/aromatic N) is 6. The third kappa shape index (κ3) is 5.84. The molecule has 0 radical (unpaired) electrons. The van der Waals surface area contributed by atoms with E-state index in [2.05, 4.69) is 62.8 Å². The van der Waals surface area contributed by atoms with Crippen LogP contribution in [0.3, 0.4) is 0 Å². The molecule has 0 saturated carbocycles. The number of likely N-dealkylation sites (N-methyl/N-ethyl adjacent to an activating group) is 1. The molecule has 1 saturated heterocycles. The van der Waals surface area contributed by atoms with Gasteiger partial charge in [-0.1, -0.05) is 12.1 Å². The van der Waals surface area contributed by atoms with E-state index in [9.17, 15) is 0 Å². The van der Waals surface area contributed by atoms with Crippen LogP contribution in [0.15, 0.2) is 66.9 Å². The lowest BCUT2D eigenvalue weighted by Gasteiger charge is -2.34. The summed E-state index contributed by atoms with van der Waals surface area (Å²) in [6, 6.07) is 20.4. The molecule has 11 nitrogen and oxygen atoms in total. The van der Waals surface area contributed by atoms with Crippen molar-refractivity contribution in [3.63, 3.8) is 0 Å². The first kappa shape index (κ1) is 28.1. The Morgan fingerprint density at radius 3 is 2.16 bits per heavy atom. The van der Waals surface area contributed by atoms with E-state index in [1.54, 1.807) is 27.5 Å². The highest BCUT2D eigenvalue weighted by molar-refractivity contribution is 5.71. The summed E-state index contributed by atoms with van der Waals surface area (Å²) in [5.41, 5.74) is 6.52. The van der Waals surface area contributed by atoms with Crippen molar-refractivity contribution in [1.82, 2.24) is 24.5 Å². The minimum Gasteiger partial charge on any atom is -0.493 e. The van der Waals surface area contributed by atoms with Crippen LogP contribution in [0.5, 0.6) is 17.2 Å². The van der Waals surface area contributed by atoms with Crippen molar-refractivity contribution in [2.75, 3.05) is 70.1 Å². The van der Waals surface area contributed by atoms with Crippen molar-refractivity contribution >= 4 is 34.2 Å². The zero-order chi connectivity index (χ0) is 29.9. The fraction of sp³-hybridized carbons (Fsp3) is 0.281. The first-order valence-electron chi connectivity index (χ1n) is 14.2. The van der Waals surface area contributed by atoms with Gasteiger partial charge in [-0.2, -0.15) is 0 Å². The Morgan fingerprint density at radius 2 is 1.49 bits per heavy atom. The van der Waals surface area contributed by atoms with Crippen LogP contribution in [-0.2, 0) is 0 Å². The van der Waals surface area contributed by atoms with E-state index in [-0.39, 0.29) is 0 Å². The van der Waals surface area contributed by atoms with Crippen LogP contribution in [-0.4, -0.2) is 79.0 Å². The summed E-state index contributed by atoms with van der Waals surface area (Å²) in [5.74, 6) is 2.69. The number of rotatable bonds is 9. The first-order valence-corrected chi connectivity index (χ1v) is 14.2. The number of aromatic nitrogens is 4. The average molecular weight is 581 g/mol. The highest BCUT2D eigenvalue weighted by atomic mass is 16.5. The van der Waals surface area contributed by atoms with E-state index in [1.165, 1.54) is 5.69 Å². The van der Waals surface area contributed by atoms with E-state index in [1.807, 2.05) is 41.8 Å². The summed E-state index contributed by atoms with van der Waals surface area (Å²) in [4.78, 5) is 14.2.